The van der Waals surface area contributed by atoms with Gasteiger partial charge < -0.3 is 16.0 Å². The minimum absolute atomic E-state index is 0. The Morgan fingerprint density at radius 1 is 1.03 bits per heavy atom. The molecule has 1 saturated heterocycles. The highest BCUT2D eigenvalue weighted by molar-refractivity contribution is 7.89. The lowest BCUT2D eigenvalue weighted by Crippen LogP contribution is -2.47. The highest BCUT2D eigenvalue weighted by atomic mass is 35.5. The van der Waals surface area contributed by atoms with Crippen LogP contribution < -0.4 is 11.1 Å². The fourth-order valence-corrected chi connectivity index (χ4v) is 4.38. The zero-order valence-corrected chi connectivity index (χ0v) is 18.5. The maximum absolute atomic E-state index is 12.9. The van der Waals surface area contributed by atoms with Crippen LogP contribution in [0.2, 0.25) is 0 Å². The molecule has 1 aliphatic heterocycles. The van der Waals surface area contributed by atoms with Crippen LogP contribution in [0.15, 0.2) is 53.4 Å². The molecule has 0 bridgehead atoms. The van der Waals surface area contributed by atoms with Crippen molar-refractivity contribution in [2.75, 3.05) is 38.5 Å². The highest BCUT2D eigenvalue weighted by Gasteiger charge is 2.27. The number of nitrogens with one attached hydrogen (secondary N) is 1. The first-order valence-electron chi connectivity index (χ1n) is 8.79. The maximum Gasteiger partial charge on any atom is 0.255 e. The molecule has 2 aromatic carbocycles. The van der Waals surface area contributed by atoms with E-state index in [0.717, 1.165) is 5.56 Å². The van der Waals surface area contributed by atoms with E-state index in [1.807, 2.05) is 7.05 Å². The Balaban J connectivity index is 0.00000210. The van der Waals surface area contributed by atoms with E-state index < -0.39 is 10.0 Å². The second-order valence-electron chi connectivity index (χ2n) is 6.59. The zero-order valence-electron chi connectivity index (χ0n) is 16.1. The van der Waals surface area contributed by atoms with Gasteiger partial charge in [0.05, 0.1) is 4.90 Å². The monoisotopic (exact) mass is 460 g/mol. The molecule has 7 nitrogen and oxygen atoms in total. The van der Waals surface area contributed by atoms with Crippen LogP contribution in [0.4, 0.5) is 5.69 Å². The third-order valence-corrected chi connectivity index (χ3v) is 6.54. The standard InChI is InChI=1S/C19H24N4O3S.2ClH/c1-22-9-11-23(12-10-22)27(25,26)18-4-2-3-17(13-18)21-19(24)16-7-5-15(14-20)6-8-16;;/h2-8,13H,9-12,14,20H2,1H3,(H,21,24);2*1H. The lowest BCUT2D eigenvalue weighted by molar-refractivity contribution is 0.102. The molecular formula is C19H26Cl2N4O3S. The van der Waals surface area contributed by atoms with Gasteiger partial charge in [-0.3, -0.25) is 4.79 Å². The largest absolute Gasteiger partial charge is 0.326 e. The molecule has 160 valence electrons. The van der Waals surface area contributed by atoms with Gasteiger partial charge in [0, 0.05) is 44.0 Å². The number of hydrogen-bond donors (Lipinski definition) is 2. The number of sulfonamides is 1. The lowest BCUT2D eigenvalue weighted by atomic mass is 10.1. The van der Waals surface area contributed by atoms with Crippen LogP contribution in [0.5, 0.6) is 0 Å². The normalized spacial score (nSPS) is 15.1. The Morgan fingerprint density at radius 3 is 2.24 bits per heavy atom. The molecule has 3 rings (SSSR count). The molecule has 0 spiro atoms. The minimum Gasteiger partial charge on any atom is -0.326 e. The average molecular weight is 461 g/mol. The molecule has 1 aliphatic rings. The van der Waals surface area contributed by atoms with Gasteiger partial charge in [0.25, 0.3) is 5.91 Å². The number of benzene rings is 2. The van der Waals surface area contributed by atoms with Crippen LogP contribution in [0, 0.1) is 0 Å². The number of amides is 1. The topological polar surface area (TPSA) is 95.7 Å². The van der Waals surface area contributed by atoms with E-state index in [9.17, 15) is 13.2 Å². The average Bonchev–Trinajstić information content (AvgIpc) is 2.68. The first kappa shape index (κ1) is 25.4. The van der Waals surface area contributed by atoms with Crippen molar-refractivity contribution in [3.63, 3.8) is 0 Å². The molecule has 3 N–H and O–H groups in total. The number of nitrogens with zero attached hydrogens (tertiary/aromatic N) is 2. The van der Waals surface area contributed by atoms with Crippen LogP contribution >= 0.6 is 24.8 Å². The summed E-state index contributed by atoms with van der Waals surface area (Å²) >= 11 is 0. The van der Waals surface area contributed by atoms with Crippen molar-refractivity contribution in [1.82, 2.24) is 9.21 Å². The highest BCUT2D eigenvalue weighted by Crippen LogP contribution is 2.21. The van der Waals surface area contributed by atoms with E-state index in [-0.39, 0.29) is 35.6 Å². The van der Waals surface area contributed by atoms with Gasteiger partial charge in [-0.15, -0.1) is 24.8 Å². The smallest absolute Gasteiger partial charge is 0.255 e. The van der Waals surface area contributed by atoms with Crippen molar-refractivity contribution in [3.8, 4) is 0 Å². The van der Waals surface area contributed by atoms with Gasteiger partial charge in [-0.2, -0.15) is 4.31 Å². The Kier molecular flexibility index (Phi) is 9.54. The first-order chi connectivity index (χ1) is 12.9. The minimum atomic E-state index is -3.58. The van der Waals surface area contributed by atoms with Gasteiger partial charge in [0.2, 0.25) is 10.0 Å². The molecule has 0 atom stereocenters. The summed E-state index contributed by atoms with van der Waals surface area (Å²) in [7, 11) is -1.60. The van der Waals surface area contributed by atoms with E-state index in [4.69, 9.17) is 5.73 Å². The molecule has 2 aromatic rings. The molecule has 1 amide bonds. The predicted molar refractivity (Wildman–Crippen MR) is 119 cm³/mol. The molecule has 0 aliphatic carbocycles. The second kappa shape index (κ2) is 10.9. The molecule has 29 heavy (non-hydrogen) atoms. The lowest BCUT2D eigenvalue weighted by Gasteiger charge is -2.31. The molecule has 0 unspecified atom stereocenters. The number of halogens is 2. The van der Waals surface area contributed by atoms with Gasteiger partial charge in [-0.05, 0) is 42.9 Å². The third-order valence-electron chi connectivity index (χ3n) is 4.64. The second-order valence-corrected chi connectivity index (χ2v) is 8.53. The van der Waals surface area contributed by atoms with Crippen molar-refractivity contribution in [3.05, 3.63) is 59.7 Å². The summed E-state index contributed by atoms with van der Waals surface area (Å²) in [5.41, 5.74) is 7.43. The number of hydrogen-bond acceptors (Lipinski definition) is 5. The Hall–Kier alpha value is -1.68. The van der Waals surface area contributed by atoms with Crippen molar-refractivity contribution in [2.45, 2.75) is 11.4 Å². The summed E-state index contributed by atoms with van der Waals surface area (Å²) in [4.78, 5) is 14.7. The van der Waals surface area contributed by atoms with Crippen LogP contribution in [0.25, 0.3) is 0 Å². The van der Waals surface area contributed by atoms with E-state index in [1.54, 1.807) is 42.5 Å². The number of anilines is 1. The quantitative estimate of drug-likeness (QED) is 0.712. The molecule has 1 heterocycles. The summed E-state index contributed by atoms with van der Waals surface area (Å²) < 4.78 is 27.2. The van der Waals surface area contributed by atoms with Crippen LogP contribution in [0.1, 0.15) is 15.9 Å². The van der Waals surface area contributed by atoms with Crippen molar-refractivity contribution in [2.24, 2.45) is 5.73 Å². The maximum atomic E-state index is 12.9. The van der Waals surface area contributed by atoms with Gasteiger partial charge in [0.15, 0.2) is 0 Å². The van der Waals surface area contributed by atoms with E-state index in [0.29, 0.717) is 44.0 Å². The first-order valence-corrected chi connectivity index (χ1v) is 10.2. The van der Waals surface area contributed by atoms with E-state index in [1.165, 1.54) is 10.4 Å². The Bertz CT molecular complexity index is 915. The Labute approximate surface area is 184 Å². The number of piperazine rings is 1. The number of nitrogens with two attached hydrogens (primary N) is 1. The molecular weight excluding hydrogens is 435 g/mol. The van der Waals surface area contributed by atoms with Crippen LogP contribution in [-0.4, -0.2) is 56.8 Å². The van der Waals surface area contributed by atoms with Gasteiger partial charge in [-0.25, -0.2) is 8.42 Å². The summed E-state index contributed by atoms with van der Waals surface area (Å²) in [6.07, 6.45) is 0. The van der Waals surface area contributed by atoms with Crippen molar-refractivity contribution < 1.29 is 13.2 Å². The molecule has 0 radical (unpaired) electrons. The predicted octanol–water partition coefficient (Wildman–Crippen LogP) is 2.18. The summed E-state index contributed by atoms with van der Waals surface area (Å²) in [5.74, 6) is -0.298. The van der Waals surface area contributed by atoms with Gasteiger partial charge >= 0.3 is 0 Å². The zero-order chi connectivity index (χ0) is 19.4. The van der Waals surface area contributed by atoms with Crippen LogP contribution in [0.3, 0.4) is 0 Å². The van der Waals surface area contributed by atoms with Crippen molar-refractivity contribution >= 4 is 46.4 Å². The Morgan fingerprint density at radius 2 is 1.66 bits per heavy atom. The number of carbonyl (C=O) groups is 1. The fourth-order valence-electron chi connectivity index (χ4n) is 2.91. The third kappa shape index (κ3) is 6.15. The molecule has 0 aromatic heterocycles. The SMILES string of the molecule is CN1CCN(S(=O)(=O)c2cccc(NC(=O)c3ccc(CN)cc3)c2)CC1.Cl.Cl. The van der Waals surface area contributed by atoms with Gasteiger partial charge in [-0.1, -0.05) is 18.2 Å². The van der Waals surface area contributed by atoms with Crippen LogP contribution in [-0.2, 0) is 16.6 Å². The molecule has 1 fully saturated rings. The number of rotatable bonds is 5. The van der Waals surface area contributed by atoms with Gasteiger partial charge in [0.1, 0.15) is 0 Å². The summed E-state index contributed by atoms with van der Waals surface area (Å²) in [5, 5.41) is 2.76. The number of likely N-dealkylation sites (N-methyl/N-ethyl adjacent to an activating group) is 1. The van der Waals surface area contributed by atoms with E-state index >= 15 is 0 Å². The summed E-state index contributed by atoms with van der Waals surface area (Å²) in [6, 6.07) is 13.3. The fraction of sp³-hybridized carbons (Fsp3) is 0.316. The van der Waals surface area contributed by atoms with Crippen molar-refractivity contribution in [1.29, 1.82) is 0 Å². The van der Waals surface area contributed by atoms with E-state index in [2.05, 4.69) is 10.2 Å². The molecule has 0 saturated carbocycles. The summed E-state index contributed by atoms with van der Waals surface area (Å²) in [6.45, 7) is 2.74. The molecule has 10 heteroatoms. The number of carbonyl (C=O) groups excluding carboxylic acids is 1.